The van der Waals surface area contributed by atoms with Gasteiger partial charge in [-0.1, -0.05) is 28.1 Å². The van der Waals surface area contributed by atoms with E-state index in [1.807, 2.05) is 26.1 Å². The lowest BCUT2D eigenvalue weighted by atomic mass is 10.1. The molecule has 4 nitrogen and oxygen atoms in total. The standard InChI is InChI=1S/C14H15BrN4/c1-9(11-4-6-12(15)7-5-11)17-14-13(8-16)10(2)18-19(14)3/h4-7,9,17H,1-3H3. The highest BCUT2D eigenvalue weighted by Crippen LogP contribution is 2.24. The second kappa shape index (κ2) is 5.45. The number of rotatable bonds is 3. The van der Waals surface area contributed by atoms with Crippen molar-refractivity contribution in [2.75, 3.05) is 5.32 Å². The molecular formula is C14H15BrN4. The van der Waals surface area contributed by atoms with Crippen molar-refractivity contribution in [1.29, 1.82) is 5.26 Å². The highest BCUT2D eigenvalue weighted by molar-refractivity contribution is 9.10. The number of hydrogen-bond acceptors (Lipinski definition) is 3. The molecule has 1 aromatic carbocycles. The smallest absolute Gasteiger partial charge is 0.142 e. The fourth-order valence-electron chi connectivity index (χ4n) is 2.00. The van der Waals surface area contributed by atoms with Crippen molar-refractivity contribution in [3.63, 3.8) is 0 Å². The molecule has 1 atom stereocenters. The van der Waals surface area contributed by atoms with Gasteiger partial charge in [-0.25, -0.2) is 0 Å². The first-order valence-electron chi connectivity index (χ1n) is 5.98. The number of halogens is 1. The second-order valence-corrected chi connectivity index (χ2v) is 5.38. The van der Waals surface area contributed by atoms with E-state index >= 15 is 0 Å². The maximum atomic E-state index is 9.18. The summed E-state index contributed by atoms with van der Waals surface area (Å²) >= 11 is 3.42. The van der Waals surface area contributed by atoms with Gasteiger partial charge in [-0.2, -0.15) is 10.4 Å². The van der Waals surface area contributed by atoms with Crippen molar-refractivity contribution in [3.05, 3.63) is 45.6 Å². The molecule has 1 unspecified atom stereocenters. The molecule has 0 bridgehead atoms. The molecule has 1 N–H and O–H groups in total. The summed E-state index contributed by atoms with van der Waals surface area (Å²) in [5.41, 5.74) is 2.51. The van der Waals surface area contributed by atoms with Crippen LogP contribution in [0, 0.1) is 18.3 Å². The van der Waals surface area contributed by atoms with E-state index in [-0.39, 0.29) is 6.04 Å². The maximum absolute atomic E-state index is 9.18. The molecule has 0 amide bonds. The number of benzene rings is 1. The fourth-order valence-corrected chi connectivity index (χ4v) is 2.26. The van der Waals surface area contributed by atoms with Crippen LogP contribution in [0.4, 0.5) is 5.82 Å². The van der Waals surface area contributed by atoms with Gasteiger partial charge >= 0.3 is 0 Å². The van der Waals surface area contributed by atoms with Gasteiger partial charge in [-0.05, 0) is 31.5 Å². The quantitative estimate of drug-likeness (QED) is 0.941. The van der Waals surface area contributed by atoms with E-state index in [9.17, 15) is 5.26 Å². The molecule has 0 aliphatic carbocycles. The maximum Gasteiger partial charge on any atom is 0.142 e. The molecule has 0 spiro atoms. The molecule has 19 heavy (non-hydrogen) atoms. The SMILES string of the molecule is Cc1nn(C)c(NC(C)c2ccc(Br)cc2)c1C#N. The Kier molecular flexibility index (Phi) is 3.91. The van der Waals surface area contributed by atoms with Crippen molar-refractivity contribution in [2.24, 2.45) is 7.05 Å². The first-order valence-corrected chi connectivity index (χ1v) is 6.78. The third kappa shape index (κ3) is 2.79. The molecule has 1 heterocycles. The highest BCUT2D eigenvalue weighted by atomic mass is 79.9. The zero-order chi connectivity index (χ0) is 14.0. The topological polar surface area (TPSA) is 53.6 Å². The molecule has 5 heteroatoms. The van der Waals surface area contributed by atoms with Gasteiger partial charge in [0, 0.05) is 17.6 Å². The van der Waals surface area contributed by atoms with Crippen LogP contribution in [0.15, 0.2) is 28.7 Å². The van der Waals surface area contributed by atoms with E-state index < -0.39 is 0 Å². The van der Waals surface area contributed by atoms with Gasteiger partial charge in [0.05, 0.1) is 5.69 Å². The number of nitriles is 1. The van der Waals surface area contributed by atoms with E-state index in [1.54, 1.807) is 4.68 Å². The number of aromatic nitrogens is 2. The minimum atomic E-state index is 0.106. The van der Waals surface area contributed by atoms with Crippen molar-refractivity contribution >= 4 is 21.7 Å². The summed E-state index contributed by atoms with van der Waals surface area (Å²) in [5.74, 6) is 0.760. The summed E-state index contributed by atoms with van der Waals surface area (Å²) in [6, 6.07) is 10.4. The first kappa shape index (κ1) is 13.6. The van der Waals surface area contributed by atoms with Crippen LogP contribution in [0.2, 0.25) is 0 Å². The highest BCUT2D eigenvalue weighted by Gasteiger charge is 2.15. The van der Waals surface area contributed by atoms with Crippen molar-refractivity contribution in [3.8, 4) is 6.07 Å². The Morgan fingerprint density at radius 1 is 1.37 bits per heavy atom. The van der Waals surface area contributed by atoms with Gasteiger partial charge in [-0.3, -0.25) is 4.68 Å². The monoisotopic (exact) mass is 318 g/mol. The Bertz CT molecular complexity index is 622. The van der Waals surface area contributed by atoms with Crippen molar-refractivity contribution in [1.82, 2.24) is 9.78 Å². The molecular weight excluding hydrogens is 304 g/mol. The summed E-state index contributed by atoms with van der Waals surface area (Å²) in [6.07, 6.45) is 0. The Morgan fingerprint density at radius 3 is 2.58 bits per heavy atom. The predicted molar refractivity (Wildman–Crippen MR) is 78.8 cm³/mol. The molecule has 1 aromatic heterocycles. The lowest BCUT2D eigenvalue weighted by Crippen LogP contribution is -2.10. The molecule has 2 rings (SSSR count). The summed E-state index contributed by atoms with van der Waals surface area (Å²) in [7, 11) is 1.84. The van der Waals surface area contributed by atoms with Crippen molar-refractivity contribution in [2.45, 2.75) is 19.9 Å². The number of hydrogen-bond donors (Lipinski definition) is 1. The fraction of sp³-hybridized carbons (Fsp3) is 0.286. The summed E-state index contributed by atoms with van der Waals surface area (Å²) < 4.78 is 2.76. The van der Waals surface area contributed by atoms with Crippen LogP contribution in [0.1, 0.15) is 29.8 Å². The zero-order valence-electron chi connectivity index (χ0n) is 11.1. The first-order chi connectivity index (χ1) is 9.02. The van der Waals surface area contributed by atoms with E-state index in [4.69, 9.17) is 0 Å². The number of aryl methyl sites for hydroxylation is 2. The van der Waals surface area contributed by atoms with Crippen LogP contribution < -0.4 is 5.32 Å². The molecule has 0 radical (unpaired) electrons. The largest absolute Gasteiger partial charge is 0.363 e. The molecule has 0 fully saturated rings. The van der Waals surface area contributed by atoms with Gasteiger partial charge in [-0.15, -0.1) is 0 Å². The molecule has 0 aliphatic heterocycles. The molecule has 98 valence electrons. The van der Waals surface area contributed by atoms with Gasteiger partial charge in [0.15, 0.2) is 0 Å². The van der Waals surface area contributed by atoms with Gasteiger partial charge in [0.25, 0.3) is 0 Å². The van der Waals surface area contributed by atoms with Crippen LogP contribution in [0.5, 0.6) is 0 Å². The van der Waals surface area contributed by atoms with E-state index in [0.717, 1.165) is 21.5 Å². The van der Waals surface area contributed by atoms with E-state index in [0.29, 0.717) is 5.56 Å². The third-order valence-electron chi connectivity index (χ3n) is 3.06. The van der Waals surface area contributed by atoms with E-state index in [2.05, 4.69) is 51.5 Å². The Balaban J connectivity index is 2.26. The van der Waals surface area contributed by atoms with Crippen LogP contribution in [-0.2, 0) is 7.05 Å². The average Bonchev–Trinajstić information content (AvgIpc) is 2.64. The third-order valence-corrected chi connectivity index (χ3v) is 3.59. The lowest BCUT2D eigenvalue weighted by Gasteiger charge is -2.16. The molecule has 2 aromatic rings. The zero-order valence-corrected chi connectivity index (χ0v) is 12.7. The van der Waals surface area contributed by atoms with Crippen LogP contribution in [0.3, 0.4) is 0 Å². The minimum Gasteiger partial charge on any atom is -0.363 e. The van der Waals surface area contributed by atoms with Crippen LogP contribution in [0.25, 0.3) is 0 Å². The Hall–Kier alpha value is -1.80. The second-order valence-electron chi connectivity index (χ2n) is 4.46. The van der Waals surface area contributed by atoms with Crippen molar-refractivity contribution < 1.29 is 0 Å². The van der Waals surface area contributed by atoms with Crippen LogP contribution in [-0.4, -0.2) is 9.78 Å². The lowest BCUT2D eigenvalue weighted by molar-refractivity contribution is 0.742. The normalized spacial score (nSPS) is 11.9. The number of nitrogens with one attached hydrogen (secondary N) is 1. The van der Waals surface area contributed by atoms with Gasteiger partial charge in [0.1, 0.15) is 17.5 Å². The molecule has 0 aliphatic rings. The average molecular weight is 319 g/mol. The Morgan fingerprint density at radius 2 is 2.00 bits per heavy atom. The Labute approximate surface area is 121 Å². The molecule has 0 saturated heterocycles. The minimum absolute atomic E-state index is 0.106. The molecule has 0 saturated carbocycles. The summed E-state index contributed by atoms with van der Waals surface area (Å²) in [6.45, 7) is 3.90. The van der Waals surface area contributed by atoms with E-state index in [1.165, 1.54) is 0 Å². The predicted octanol–water partition coefficient (Wildman–Crippen LogP) is 3.54. The summed E-state index contributed by atoms with van der Waals surface area (Å²) in [5, 5.41) is 16.8. The van der Waals surface area contributed by atoms with Gasteiger partial charge in [0.2, 0.25) is 0 Å². The van der Waals surface area contributed by atoms with Gasteiger partial charge < -0.3 is 5.32 Å². The number of anilines is 1. The van der Waals surface area contributed by atoms with Crippen LogP contribution >= 0.6 is 15.9 Å². The number of nitrogens with zero attached hydrogens (tertiary/aromatic N) is 3. The summed E-state index contributed by atoms with van der Waals surface area (Å²) in [4.78, 5) is 0.